The lowest BCUT2D eigenvalue weighted by atomic mass is 9.97. The molecule has 0 saturated heterocycles. The quantitative estimate of drug-likeness (QED) is 0.768. The van der Waals surface area contributed by atoms with E-state index in [1.54, 1.807) is 12.1 Å². The zero-order valence-corrected chi connectivity index (χ0v) is 14.4. The molecule has 1 N–H and O–H groups in total. The number of amides is 1. The highest BCUT2D eigenvalue weighted by Gasteiger charge is 2.14. The fourth-order valence-electron chi connectivity index (χ4n) is 3.18. The maximum absolute atomic E-state index is 12.1. The molecule has 1 aromatic heterocycles. The summed E-state index contributed by atoms with van der Waals surface area (Å²) >= 11 is 0. The van der Waals surface area contributed by atoms with Crippen molar-refractivity contribution < 1.29 is 9.53 Å². The summed E-state index contributed by atoms with van der Waals surface area (Å²) in [6, 6.07) is 15.4. The fraction of sp³-hybridized carbons (Fsp3) is 0.250. The van der Waals surface area contributed by atoms with E-state index in [1.807, 2.05) is 29.1 Å². The number of aromatic nitrogens is 3. The van der Waals surface area contributed by atoms with Crippen LogP contribution in [-0.2, 0) is 30.9 Å². The Morgan fingerprint density at radius 3 is 2.92 bits per heavy atom. The van der Waals surface area contributed by atoms with Gasteiger partial charge in [-0.1, -0.05) is 41.6 Å². The molecule has 6 nitrogen and oxygen atoms in total. The van der Waals surface area contributed by atoms with E-state index in [2.05, 4.69) is 33.8 Å². The van der Waals surface area contributed by atoms with Crippen molar-refractivity contribution in [1.82, 2.24) is 20.3 Å². The highest BCUT2D eigenvalue weighted by atomic mass is 16.5. The summed E-state index contributed by atoms with van der Waals surface area (Å²) in [6.45, 7) is 2.46. The Bertz CT molecular complexity index is 905. The zero-order valence-electron chi connectivity index (χ0n) is 14.4. The summed E-state index contributed by atoms with van der Waals surface area (Å²) in [7, 11) is 0. The van der Waals surface area contributed by atoms with Crippen LogP contribution in [0.2, 0.25) is 0 Å². The molecule has 132 valence electrons. The van der Waals surface area contributed by atoms with Crippen molar-refractivity contribution in [2.75, 3.05) is 6.61 Å². The predicted octanol–water partition coefficient (Wildman–Crippen LogP) is 2.33. The Hall–Kier alpha value is -2.99. The van der Waals surface area contributed by atoms with Crippen LogP contribution in [0.5, 0.6) is 0 Å². The van der Waals surface area contributed by atoms with Gasteiger partial charge in [0.05, 0.1) is 32.5 Å². The Kier molecular flexibility index (Phi) is 4.75. The smallest absolute Gasteiger partial charge is 0.251 e. The third-order valence-corrected chi connectivity index (χ3v) is 4.51. The molecule has 0 unspecified atom stereocenters. The Morgan fingerprint density at radius 2 is 2.04 bits per heavy atom. The lowest BCUT2D eigenvalue weighted by Gasteiger charge is -2.19. The minimum Gasteiger partial charge on any atom is -0.376 e. The van der Waals surface area contributed by atoms with Gasteiger partial charge in [0.15, 0.2) is 0 Å². The molecule has 1 aliphatic heterocycles. The van der Waals surface area contributed by atoms with Crippen LogP contribution in [0.15, 0.2) is 54.7 Å². The second-order valence-corrected chi connectivity index (χ2v) is 6.31. The molecule has 4 rings (SSSR count). The van der Waals surface area contributed by atoms with Crippen LogP contribution >= 0.6 is 0 Å². The number of nitrogens with one attached hydrogen (secondary N) is 1. The van der Waals surface area contributed by atoms with Gasteiger partial charge in [-0.3, -0.25) is 4.79 Å². The summed E-state index contributed by atoms with van der Waals surface area (Å²) in [5.74, 6) is -0.114. The summed E-state index contributed by atoms with van der Waals surface area (Å²) in [5, 5.41) is 11.2. The average molecular weight is 348 g/mol. The first-order valence-corrected chi connectivity index (χ1v) is 8.69. The highest BCUT2D eigenvalue weighted by Crippen LogP contribution is 2.21. The van der Waals surface area contributed by atoms with Crippen molar-refractivity contribution in [2.45, 2.75) is 26.1 Å². The molecule has 26 heavy (non-hydrogen) atoms. The summed E-state index contributed by atoms with van der Waals surface area (Å²) < 4.78 is 7.34. The number of rotatable bonds is 5. The van der Waals surface area contributed by atoms with Gasteiger partial charge < -0.3 is 10.1 Å². The van der Waals surface area contributed by atoms with E-state index in [0.717, 1.165) is 18.7 Å². The van der Waals surface area contributed by atoms with Gasteiger partial charge in [0.1, 0.15) is 5.69 Å². The first kappa shape index (κ1) is 16.5. The number of carbonyl (C=O) groups is 1. The van der Waals surface area contributed by atoms with E-state index >= 15 is 0 Å². The van der Waals surface area contributed by atoms with E-state index in [9.17, 15) is 4.79 Å². The monoisotopic (exact) mass is 348 g/mol. The second kappa shape index (κ2) is 7.49. The highest BCUT2D eigenvalue weighted by molar-refractivity contribution is 5.94. The Morgan fingerprint density at radius 1 is 1.15 bits per heavy atom. The molecule has 0 aliphatic carbocycles. The lowest BCUT2D eigenvalue weighted by molar-refractivity contribution is 0.0950. The molecule has 3 aromatic rings. The van der Waals surface area contributed by atoms with Gasteiger partial charge in [0.25, 0.3) is 5.91 Å². The fourth-order valence-corrected chi connectivity index (χ4v) is 3.18. The number of nitrogens with zero attached hydrogens (tertiary/aromatic N) is 3. The maximum atomic E-state index is 12.1. The van der Waals surface area contributed by atoms with Gasteiger partial charge in [-0.05, 0) is 35.2 Å². The number of fused-ring (bicyclic) bond motifs is 1. The molecule has 0 fully saturated rings. The minimum atomic E-state index is -0.114. The molecule has 6 heteroatoms. The number of ether oxygens (including phenoxy) is 1. The standard InChI is InChI=1S/C20H20N4O2/c25-20(15-5-2-1-3-6-15)21-11-18-13-24(23-22-18)12-16-7-4-8-17-14-26-10-9-19(16)17/h1-8,13H,9-12,14H2,(H,21,25). The van der Waals surface area contributed by atoms with Crippen LogP contribution in [0.25, 0.3) is 0 Å². The van der Waals surface area contributed by atoms with Crippen LogP contribution in [0.1, 0.15) is 32.7 Å². The molecular weight excluding hydrogens is 328 g/mol. The van der Waals surface area contributed by atoms with E-state index < -0.39 is 0 Å². The second-order valence-electron chi connectivity index (χ2n) is 6.31. The van der Waals surface area contributed by atoms with E-state index in [1.165, 1.54) is 16.7 Å². The van der Waals surface area contributed by atoms with Crippen LogP contribution in [0.4, 0.5) is 0 Å². The largest absolute Gasteiger partial charge is 0.376 e. The van der Waals surface area contributed by atoms with E-state index in [4.69, 9.17) is 4.74 Å². The van der Waals surface area contributed by atoms with Gasteiger partial charge in [0, 0.05) is 5.56 Å². The van der Waals surface area contributed by atoms with Crippen molar-refractivity contribution in [3.8, 4) is 0 Å². The van der Waals surface area contributed by atoms with Crippen LogP contribution in [-0.4, -0.2) is 27.5 Å². The van der Waals surface area contributed by atoms with Crippen molar-refractivity contribution in [3.63, 3.8) is 0 Å². The Labute approximate surface area is 151 Å². The number of hydrogen-bond donors (Lipinski definition) is 1. The molecule has 2 aromatic carbocycles. The van der Waals surface area contributed by atoms with Crippen molar-refractivity contribution >= 4 is 5.91 Å². The maximum Gasteiger partial charge on any atom is 0.251 e. The topological polar surface area (TPSA) is 69.0 Å². The molecular formula is C20H20N4O2. The van der Waals surface area contributed by atoms with Crippen molar-refractivity contribution in [2.24, 2.45) is 0 Å². The predicted molar refractivity (Wildman–Crippen MR) is 96.5 cm³/mol. The first-order valence-electron chi connectivity index (χ1n) is 8.69. The molecule has 0 bridgehead atoms. The van der Waals surface area contributed by atoms with Gasteiger partial charge in [-0.2, -0.15) is 0 Å². The van der Waals surface area contributed by atoms with Gasteiger partial charge in [0.2, 0.25) is 0 Å². The summed E-state index contributed by atoms with van der Waals surface area (Å²) in [4.78, 5) is 12.1. The molecule has 1 aliphatic rings. The first-order chi connectivity index (χ1) is 12.8. The third kappa shape index (κ3) is 3.65. The minimum absolute atomic E-state index is 0.114. The van der Waals surface area contributed by atoms with E-state index in [-0.39, 0.29) is 5.91 Å². The third-order valence-electron chi connectivity index (χ3n) is 4.51. The average Bonchev–Trinajstić information content (AvgIpc) is 3.14. The summed E-state index contributed by atoms with van der Waals surface area (Å²) in [6.07, 6.45) is 2.81. The van der Waals surface area contributed by atoms with Crippen LogP contribution in [0.3, 0.4) is 0 Å². The van der Waals surface area contributed by atoms with E-state index in [0.29, 0.717) is 25.3 Å². The number of carbonyl (C=O) groups excluding carboxylic acids is 1. The van der Waals surface area contributed by atoms with Gasteiger partial charge >= 0.3 is 0 Å². The van der Waals surface area contributed by atoms with Crippen molar-refractivity contribution in [3.05, 3.63) is 82.7 Å². The van der Waals surface area contributed by atoms with Gasteiger partial charge in [-0.15, -0.1) is 5.10 Å². The SMILES string of the molecule is O=C(NCc1cn(Cc2cccc3c2CCOC3)nn1)c1ccccc1. The Balaban J connectivity index is 1.40. The molecule has 0 spiro atoms. The molecule has 1 amide bonds. The molecule has 2 heterocycles. The molecule has 0 radical (unpaired) electrons. The lowest BCUT2D eigenvalue weighted by Crippen LogP contribution is -2.22. The van der Waals surface area contributed by atoms with Crippen LogP contribution < -0.4 is 5.32 Å². The molecule has 0 atom stereocenters. The normalized spacial score (nSPS) is 13.2. The number of benzene rings is 2. The van der Waals surface area contributed by atoms with Crippen LogP contribution in [0, 0.1) is 0 Å². The molecule has 0 saturated carbocycles. The van der Waals surface area contributed by atoms with Gasteiger partial charge in [-0.25, -0.2) is 4.68 Å². The summed E-state index contributed by atoms with van der Waals surface area (Å²) in [5.41, 5.74) is 5.23. The van der Waals surface area contributed by atoms with Crippen molar-refractivity contribution in [1.29, 1.82) is 0 Å². The number of hydrogen-bond acceptors (Lipinski definition) is 4. The zero-order chi connectivity index (χ0) is 17.8.